The molecule has 206 valence electrons. The van der Waals surface area contributed by atoms with Gasteiger partial charge in [0.25, 0.3) is 0 Å². The lowest BCUT2D eigenvalue weighted by Crippen LogP contribution is -2.11. The van der Waals surface area contributed by atoms with Crippen LogP contribution in [0.15, 0.2) is 72.8 Å². The summed E-state index contributed by atoms with van der Waals surface area (Å²) in [6, 6.07) is 20.9. The second kappa shape index (κ2) is 15.6. The van der Waals surface area contributed by atoms with E-state index < -0.39 is 5.97 Å². The lowest BCUT2D eigenvalue weighted by Gasteiger charge is -2.09. The Morgan fingerprint density at radius 2 is 1.23 bits per heavy atom. The van der Waals surface area contributed by atoms with E-state index in [4.69, 9.17) is 14.2 Å². The molecule has 39 heavy (non-hydrogen) atoms. The fourth-order valence-electron chi connectivity index (χ4n) is 3.91. The predicted molar refractivity (Wildman–Crippen MR) is 152 cm³/mol. The molecule has 0 aliphatic heterocycles. The Morgan fingerprint density at radius 3 is 1.85 bits per heavy atom. The van der Waals surface area contributed by atoms with Crippen molar-refractivity contribution >= 4 is 17.7 Å². The molecule has 0 aliphatic carbocycles. The van der Waals surface area contributed by atoms with E-state index >= 15 is 0 Å². The number of carbonyl (C=O) groups is 3. The molecule has 6 heteroatoms. The number of Topliss-reactive ketones (excluding diaryl/α,β-unsaturated/α-hetero) is 1. The number of ketones is 1. The Balaban J connectivity index is 1.48. The molecule has 0 N–H and O–H groups in total. The summed E-state index contributed by atoms with van der Waals surface area (Å²) in [5, 5.41) is 0. The molecule has 1 unspecified atom stereocenters. The SMILES string of the molecule is CCCCCCOCCC(=O)Oc1ccc(-c2ccc(C(=O)Oc3ccc(C(=O)C(C)CC)cc3)cc2)cc1. The lowest BCUT2D eigenvalue weighted by molar-refractivity contribution is -0.135. The molecule has 3 rings (SSSR count). The van der Waals surface area contributed by atoms with Crippen LogP contribution in [0, 0.1) is 5.92 Å². The molecule has 1 atom stereocenters. The molecule has 0 saturated carbocycles. The van der Waals surface area contributed by atoms with Crippen LogP contribution < -0.4 is 9.47 Å². The number of ether oxygens (including phenoxy) is 3. The summed E-state index contributed by atoms with van der Waals surface area (Å²) in [6.07, 6.45) is 5.55. The van der Waals surface area contributed by atoms with Gasteiger partial charge in [0, 0.05) is 18.1 Å². The van der Waals surface area contributed by atoms with Gasteiger partial charge in [-0.25, -0.2) is 4.79 Å². The first kappa shape index (κ1) is 29.8. The summed E-state index contributed by atoms with van der Waals surface area (Å²) < 4.78 is 16.4. The molecule has 0 amide bonds. The average Bonchev–Trinajstić information content (AvgIpc) is 2.96. The minimum atomic E-state index is -0.477. The molecule has 0 heterocycles. The summed E-state index contributed by atoms with van der Waals surface area (Å²) in [7, 11) is 0. The van der Waals surface area contributed by atoms with Crippen molar-refractivity contribution in [3.8, 4) is 22.6 Å². The fourth-order valence-corrected chi connectivity index (χ4v) is 3.91. The number of esters is 2. The van der Waals surface area contributed by atoms with E-state index in [0.717, 1.165) is 30.4 Å². The molecule has 0 fully saturated rings. The standard InChI is InChI=1S/C33H38O6/c1-4-6-7-8-22-37-23-21-31(34)38-29-17-13-26(14-18-29)25-9-11-28(12-10-25)33(36)39-30-19-15-27(16-20-30)32(35)24(3)5-2/h9-20,24H,4-8,21-23H2,1-3H3. The minimum absolute atomic E-state index is 0.0436. The van der Waals surface area contributed by atoms with Crippen LogP contribution in [0.1, 0.15) is 80.0 Å². The van der Waals surface area contributed by atoms with Gasteiger partial charge < -0.3 is 14.2 Å². The van der Waals surface area contributed by atoms with Gasteiger partial charge in [0.05, 0.1) is 18.6 Å². The highest BCUT2D eigenvalue weighted by molar-refractivity contribution is 5.98. The first-order valence-electron chi connectivity index (χ1n) is 13.8. The molecule has 0 bridgehead atoms. The number of hydrogen-bond acceptors (Lipinski definition) is 6. The van der Waals surface area contributed by atoms with Gasteiger partial charge in [-0.2, -0.15) is 0 Å². The van der Waals surface area contributed by atoms with Crippen LogP contribution in [0.25, 0.3) is 11.1 Å². The van der Waals surface area contributed by atoms with Crippen molar-refractivity contribution in [3.63, 3.8) is 0 Å². The van der Waals surface area contributed by atoms with Crippen LogP contribution in [0.5, 0.6) is 11.5 Å². The van der Waals surface area contributed by atoms with Crippen molar-refractivity contribution in [3.05, 3.63) is 83.9 Å². The fraction of sp³-hybridized carbons (Fsp3) is 0.364. The Labute approximate surface area is 231 Å². The van der Waals surface area contributed by atoms with Crippen molar-refractivity contribution in [1.29, 1.82) is 0 Å². The van der Waals surface area contributed by atoms with Crippen molar-refractivity contribution in [2.24, 2.45) is 5.92 Å². The largest absolute Gasteiger partial charge is 0.426 e. The van der Waals surface area contributed by atoms with Gasteiger partial charge in [-0.1, -0.05) is 64.3 Å². The molecule has 0 aromatic heterocycles. The number of carbonyl (C=O) groups excluding carboxylic acids is 3. The van der Waals surface area contributed by atoms with Crippen LogP contribution >= 0.6 is 0 Å². The number of hydrogen-bond donors (Lipinski definition) is 0. The van der Waals surface area contributed by atoms with Crippen LogP contribution in [0.3, 0.4) is 0 Å². The highest BCUT2D eigenvalue weighted by Crippen LogP contribution is 2.24. The third-order valence-corrected chi connectivity index (χ3v) is 6.54. The molecule has 0 radical (unpaired) electrons. The molecular weight excluding hydrogens is 492 g/mol. The van der Waals surface area contributed by atoms with Gasteiger partial charge in [-0.05, 0) is 72.5 Å². The van der Waals surface area contributed by atoms with Crippen LogP contribution in [-0.2, 0) is 9.53 Å². The molecule has 3 aromatic rings. The maximum atomic E-state index is 12.6. The zero-order valence-electron chi connectivity index (χ0n) is 23.1. The summed E-state index contributed by atoms with van der Waals surface area (Å²) >= 11 is 0. The number of rotatable bonds is 15. The van der Waals surface area contributed by atoms with E-state index in [0.29, 0.717) is 35.8 Å². The monoisotopic (exact) mass is 530 g/mol. The Hall–Kier alpha value is -3.77. The summed E-state index contributed by atoms with van der Waals surface area (Å²) in [5.41, 5.74) is 2.86. The van der Waals surface area contributed by atoms with Gasteiger partial charge in [0.1, 0.15) is 11.5 Å². The second-order valence-electron chi connectivity index (χ2n) is 9.59. The Bertz CT molecular complexity index is 1200. The molecule has 0 aliphatic rings. The van der Waals surface area contributed by atoms with E-state index in [9.17, 15) is 14.4 Å². The van der Waals surface area contributed by atoms with E-state index in [1.165, 1.54) is 12.8 Å². The Morgan fingerprint density at radius 1 is 0.667 bits per heavy atom. The molecular formula is C33H38O6. The highest BCUT2D eigenvalue weighted by atomic mass is 16.5. The topological polar surface area (TPSA) is 78.9 Å². The van der Waals surface area contributed by atoms with Gasteiger partial charge in [0.2, 0.25) is 0 Å². The number of unbranched alkanes of at least 4 members (excludes halogenated alkanes) is 3. The summed E-state index contributed by atoms with van der Waals surface area (Å²) in [6.45, 7) is 7.08. The summed E-state index contributed by atoms with van der Waals surface area (Å²) in [4.78, 5) is 36.9. The Kier molecular flexibility index (Phi) is 11.9. The van der Waals surface area contributed by atoms with Crippen LogP contribution in [0.4, 0.5) is 0 Å². The van der Waals surface area contributed by atoms with Crippen molar-refractivity contribution in [2.75, 3.05) is 13.2 Å². The molecule has 0 spiro atoms. The molecule has 6 nitrogen and oxygen atoms in total. The first-order valence-corrected chi connectivity index (χ1v) is 13.8. The third kappa shape index (κ3) is 9.48. The smallest absolute Gasteiger partial charge is 0.343 e. The molecule has 3 aromatic carbocycles. The highest BCUT2D eigenvalue weighted by Gasteiger charge is 2.14. The maximum Gasteiger partial charge on any atom is 0.343 e. The summed E-state index contributed by atoms with van der Waals surface area (Å²) in [5.74, 6) is 0.0936. The van der Waals surface area contributed by atoms with Crippen LogP contribution in [0.2, 0.25) is 0 Å². The van der Waals surface area contributed by atoms with Crippen molar-refractivity contribution in [2.45, 2.75) is 59.3 Å². The van der Waals surface area contributed by atoms with E-state index in [1.54, 1.807) is 48.5 Å². The van der Waals surface area contributed by atoms with Crippen molar-refractivity contribution < 1.29 is 28.6 Å². The second-order valence-corrected chi connectivity index (χ2v) is 9.59. The van der Waals surface area contributed by atoms with Gasteiger partial charge in [-0.3, -0.25) is 9.59 Å². The van der Waals surface area contributed by atoms with Gasteiger partial charge in [0.15, 0.2) is 5.78 Å². The maximum absolute atomic E-state index is 12.6. The average molecular weight is 531 g/mol. The normalized spacial score (nSPS) is 11.6. The van der Waals surface area contributed by atoms with Crippen LogP contribution in [-0.4, -0.2) is 30.9 Å². The van der Waals surface area contributed by atoms with E-state index in [-0.39, 0.29) is 24.1 Å². The third-order valence-electron chi connectivity index (χ3n) is 6.54. The zero-order valence-corrected chi connectivity index (χ0v) is 23.1. The van der Waals surface area contributed by atoms with E-state index in [2.05, 4.69) is 6.92 Å². The van der Waals surface area contributed by atoms with Gasteiger partial charge >= 0.3 is 11.9 Å². The zero-order chi connectivity index (χ0) is 28.0. The van der Waals surface area contributed by atoms with Crippen molar-refractivity contribution in [1.82, 2.24) is 0 Å². The number of benzene rings is 3. The first-order chi connectivity index (χ1) is 18.9. The lowest BCUT2D eigenvalue weighted by atomic mass is 9.97. The minimum Gasteiger partial charge on any atom is -0.426 e. The quantitative estimate of drug-likeness (QED) is 0.0867. The van der Waals surface area contributed by atoms with E-state index in [1.807, 2.05) is 38.1 Å². The molecule has 0 saturated heterocycles. The van der Waals surface area contributed by atoms with Gasteiger partial charge in [-0.15, -0.1) is 0 Å². The predicted octanol–water partition coefficient (Wildman–Crippen LogP) is 7.69.